The molecule has 0 aromatic heterocycles. The van der Waals surface area contributed by atoms with Gasteiger partial charge in [0, 0.05) is 6.61 Å². The van der Waals surface area contributed by atoms with Crippen LogP contribution in [-0.2, 0) is 11.2 Å². The van der Waals surface area contributed by atoms with E-state index in [1.54, 1.807) is 0 Å². The van der Waals surface area contributed by atoms with E-state index < -0.39 is 7.42 Å². The number of hydrogen-bond donors (Lipinski definition) is 0. The molecule has 0 unspecified atom stereocenters. The van der Waals surface area contributed by atoms with Crippen molar-refractivity contribution < 1.29 is 4.74 Å². The van der Waals surface area contributed by atoms with E-state index in [0.717, 1.165) is 25.0 Å². The van der Waals surface area contributed by atoms with Gasteiger partial charge in [0.2, 0.25) is 7.42 Å². The van der Waals surface area contributed by atoms with Crippen LogP contribution in [0.5, 0.6) is 0 Å². The van der Waals surface area contributed by atoms with E-state index >= 15 is 0 Å². The Morgan fingerprint density at radius 2 is 1.62 bits per heavy atom. The van der Waals surface area contributed by atoms with Crippen molar-refractivity contribution in [1.29, 1.82) is 0 Å². The SMILES string of the molecule is CCCCCCCc1ccc(C2CCC(OCCC[SiH](Cl)Cl)CC2)cc1. The summed E-state index contributed by atoms with van der Waals surface area (Å²) in [4.78, 5) is 0. The Bertz CT molecular complexity index is 470. The molecule has 148 valence electrons. The lowest BCUT2D eigenvalue weighted by molar-refractivity contribution is 0.0251. The lowest BCUT2D eigenvalue weighted by atomic mass is 9.82. The zero-order chi connectivity index (χ0) is 18.6. The smallest absolute Gasteiger partial charge is 0.237 e. The van der Waals surface area contributed by atoms with Crippen molar-refractivity contribution in [3.8, 4) is 0 Å². The Morgan fingerprint density at radius 3 is 2.27 bits per heavy atom. The van der Waals surface area contributed by atoms with Gasteiger partial charge < -0.3 is 4.74 Å². The number of benzene rings is 1. The van der Waals surface area contributed by atoms with Gasteiger partial charge in [-0.1, -0.05) is 56.9 Å². The average molecular weight is 416 g/mol. The largest absolute Gasteiger partial charge is 0.378 e. The van der Waals surface area contributed by atoms with Gasteiger partial charge >= 0.3 is 0 Å². The second kappa shape index (κ2) is 13.2. The standard InChI is InChI=1S/C22H36Cl2OSi/c1-2-3-4-5-6-8-19-9-11-20(12-10-19)21-13-15-22(16-14-21)25-17-7-18-26(23)24/h9-12,21-22,26H,2-8,13-18H2,1H3. The maximum Gasteiger partial charge on any atom is 0.237 e. The van der Waals surface area contributed by atoms with Crippen LogP contribution in [0.15, 0.2) is 24.3 Å². The van der Waals surface area contributed by atoms with Crippen LogP contribution >= 0.6 is 22.2 Å². The molecule has 1 aliphatic carbocycles. The molecule has 0 heterocycles. The average Bonchev–Trinajstić information content (AvgIpc) is 2.66. The van der Waals surface area contributed by atoms with Gasteiger partial charge in [-0.25, -0.2) is 0 Å². The molecule has 1 aliphatic rings. The number of ether oxygens (including phenoxy) is 1. The molecule has 4 heteroatoms. The molecule has 0 radical (unpaired) electrons. The van der Waals surface area contributed by atoms with Crippen molar-refractivity contribution >= 4 is 29.6 Å². The van der Waals surface area contributed by atoms with Crippen LogP contribution in [-0.4, -0.2) is 20.1 Å². The van der Waals surface area contributed by atoms with Gasteiger partial charge in [-0.15, -0.1) is 0 Å². The van der Waals surface area contributed by atoms with Gasteiger partial charge in [0.1, 0.15) is 0 Å². The van der Waals surface area contributed by atoms with E-state index in [4.69, 9.17) is 26.9 Å². The summed E-state index contributed by atoms with van der Waals surface area (Å²) in [7, 11) is -1.45. The van der Waals surface area contributed by atoms with Crippen molar-refractivity contribution in [2.75, 3.05) is 6.61 Å². The number of hydrogen-bond acceptors (Lipinski definition) is 1. The molecule has 2 rings (SSSR count). The van der Waals surface area contributed by atoms with Gasteiger partial charge in [-0.3, -0.25) is 0 Å². The number of rotatable bonds is 12. The normalized spacial score (nSPS) is 20.6. The molecule has 1 saturated carbocycles. The van der Waals surface area contributed by atoms with Crippen LogP contribution < -0.4 is 0 Å². The second-order valence-corrected chi connectivity index (χ2v) is 13.0. The molecule has 0 amide bonds. The first-order valence-electron chi connectivity index (χ1n) is 10.7. The first-order valence-corrected chi connectivity index (χ1v) is 15.0. The number of aryl methyl sites for hydroxylation is 1. The summed E-state index contributed by atoms with van der Waals surface area (Å²) in [5.41, 5.74) is 3.03. The van der Waals surface area contributed by atoms with Gasteiger partial charge in [-0.2, -0.15) is 22.2 Å². The van der Waals surface area contributed by atoms with Gasteiger partial charge in [0.05, 0.1) is 6.10 Å². The van der Waals surface area contributed by atoms with Gasteiger partial charge in [-0.05, 0) is 68.0 Å². The zero-order valence-electron chi connectivity index (χ0n) is 16.4. The van der Waals surface area contributed by atoms with E-state index in [1.165, 1.54) is 75.3 Å². The van der Waals surface area contributed by atoms with Crippen LogP contribution in [0.1, 0.15) is 88.2 Å². The third kappa shape index (κ3) is 8.78. The van der Waals surface area contributed by atoms with Crippen molar-refractivity contribution in [1.82, 2.24) is 0 Å². The highest BCUT2D eigenvalue weighted by Crippen LogP contribution is 2.34. The Labute approximate surface area is 171 Å². The van der Waals surface area contributed by atoms with Crippen molar-refractivity contribution in [2.24, 2.45) is 0 Å². The molecule has 0 spiro atoms. The summed E-state index contributed by atoms with van der Waals surface area (Å²) < 4.78 is 6.01. The lowest BCUT2D eigenvalue weighted by Gasteiger charge is -2.29. The van der Waals surface area contributed by atoms with Gasteiger partial charge in [0.15, 0.2) is 0 Å². The summed E-state index contributed by atoms with van der Waals surface area (Å²) in [5, 5.41) is 0. The highest BCUT2D eigenvalue weighted by molar-refractivity contribution is 7.33. The van der Waals surface area contributed by atoms with Crippen LogP contribution in [0.4, 0.5) is 0 Å². The predicted molar refractivity (Wildman–Crippen MR) is 118 cm³/mol. The van der Waals surface area contributed by atoms with E-state index in [9.17, 15) is 0 Å². The molecule has 1 nitrogen and oxygen atoms in total. The molecular weight excluding hydrogens is 379 g/mol. The first-order chi connectivity index (χ1) is 12.7. The Morgan fingerprint density at radius 1 is 0.923 bits per heavy atom. The summed E-state index contributed by atoms with van der Waals surface area (Å²) in [6.45, 7) is 3.10. The molecule has 0 bridgehead atoms. The minimum absolute atomic E-state index is 0.444. The van der Waals surface area contributed by atoms with Gasteiger partial charge in [0.25, 0.3) is 0 Å². The summed E-state index contributed by atoms with van der Waals surface area (Å²) in [6, 6.07) is 10.4. The lowest BCUT2D eigenvalue weighted by Crippen LogP contribution is -2.21. The molecule has 0 aliphatic heterocycles. The van der Waals surface area contributed by atoms with E-state index in [2.05, 4.69) is 31.2 Å². The zero-order valence-corrected chi connectivity index (χ0v) is 19.1. The van der Waals surface area contributed by atoms with Crippen LogP contribution in [0.25, 0.3) is 0 Å². The predicted octanol–water partition coefficient (Wildman–Crippen LogP) is 7.33. The highest BCUT2D eigenvalue weighted by Gasteiger charge is 2.22. The topological polar surface area (TPSA) is 9.23 Å². The second-order valence-electron chi connectivity index (χ2n) is 7.78. The molecule has 1 fully saturated rings. The van der Waals surface area contributed by atoms with Crippen molar-refractivity contribution in [3.63, 3.8) is 0 Å². The van der Waals surface area contributed by atoms with Crippen molar-refractivity contribution in [2.45, 2.75) is 95.6 Å². The third-order valence-electron chi connectivity index (χ3n) is 5.61. The Balaban J connectivity index is 1.64. The maximum atomic E-state index is 6.01. The number of unbranched alkanes of at least 4 members (excludes halogenated alkanes) is 4. The summed E-state index contributed by atoms with van der Waals surface area (Å²) >= 11 is 11.8. The molecule has 26 heavy (non-hydrogen) atoms. The first kappa shape index (κ1) is 22.3. The van der Waals surface area contributed by atoms with E-state index in [1.807, 2.05) is 0 Å². The molecule has 0 atom stereocenters. The third-order valence-corrected chi connectivity index (χ3v) is 7.77. The molecular formula is C22H36Cl2OSi. The van der Waals surface area contributed by atoms with Crippen LogP contribution in [0.3, 0.4) is 0 Å². The molecule has 0 N–H and O–H groups in total. The minimum atomic E-state index is -1.45. The molecule has 0 saturated heterocycles. The monoisotopic (exact) mass is 414 g/mol. The maximum absolute atomic E-state index is 6.01. The van der Waals surface area contributed by atoms with E-state index in [-0.39, 0.29) is 0 Å². The van der Waals surface area contributed by atoms with E-state index in [0.29, 0.717) is 6.10 Å². The summed E-state index contributed by atoms with van der Waals surface area (Å²) in [6.07, 6.45) is 14.4. The van der Waals surface area contributed by atoms with Crippen LogP contribution in [0, 0.1) is 0 Å². The van der Waals surface area contributed by atoms with Crippen LogP contribution in [0.2, 0.25) is 6.04 Å². The molecule has 1 aromatic rings. The quantitative estimate of drug-likeness (QED) is 0.197. The highest BCUT2D eigenvalue weighted by atomic mass is 35.7. The number of halogens is 2. The Hall–Kier alpha value is -0.0231. The molecule has 1 aromatic carbocycles. The summed E-state index contributed by atoms with van der Waals surface area (Å²) in [5.74, 6) is 0.718. The Kier molecular flexibility index (Phi) is 11.3. The minimum Gasteiger partial charge on any atom is -0.378 e. The van der Waals surface area contributed by atoms with Crippen molar-refractivity contribution in [3.05, 3.63) is 35.4 Å². The fraction of sp³-hybridized carbons (Fsp3) is 0.727. The fourth-order valence-electron chi connectivity index (χ4n) is 3.94. The fourth-order valence-corrected chi connectivity index (χ4v) is 5.34.